The molecule has 0 atom stereocenters. The molecular formula is C9H16N4O. The Balaban J connectivity index is 2.64. The molecule has 0 saturated carbocycles. The molecule has 0 radical (unpaired) electrons. The Morgan fingerprint density at radius 3 is 2.43 bits per heavy atom. The van der Waals surface area contributed by atoms with Gasteiger partial charge in [0.2, 0.25) is 0 Å². The van der Waals surface area contributed by atoms with Gasteiger partial charge in [0.25, 0.3) is 0 Å². The maximum absolute atomic E-state index is 11.4. The first-order valence-electron chi connectivity index (χ1n) is 4.81. The van der Waals surface area contributed by atoms with Crippen molar-refractivity contribution in [1.82, 2.24) is 20.2 Å². The van der Waals surface area contributed by atoms with Gasteiger partial charge >= 0.3 is 0 Å². The number of rotatable bonds is 4. The van der Waals surface area contributed by atoms with Crippen LogP contribution in [0.25, 0.3) is 0 Å². The van der Waals surface area contributed by atoms with Crippen LogP contribution in [0, 0.1) is 5.92 Å². The molecule has 14 heavy (non-hydrogen) atoms. The molecule has 1 aromatic rings. The Bertz CT molecular complexity index is 316. The third-order valence-electron chi connectivity index (χ3n) is 1.91. The molecule has 0 aliphatic rings. The largest absolute Gasteiger partial charge is 0.299 e. The fourth-order valence-electron chi connectivity index (χ4n) is 0.905. The molecule has 0 aliphatic heterocycles. The van der Waals surface area contributed by atoms with Crippen LogP contribution in [0.4, 0.5) is 0 Å². The maximum Gasteiger partial charge on any atom is 0.182 e. The van der Waals surface area contributed by atoms with Gasteiger partial charge in [-0.05, 0) is 19.1 Å². The number of nitrogens with zero attached hydrogens (tertiary/aromatic N) is 4. The molecule has 0 fully saturated rings. The zero-order valence-corrected chi connectivity index (χ0v) is 9.06. The minimum atomic E-state index is 0.0287. The van der Waals surface area contributed by atoms with Crippen LogP contribution in [0.5, 0.6) is 0 Å². The quantitative estimate of drug-likeness (QED) is 0.721. The smallest absolute Gasteiger partial charge is 0.182 e. The fraction of sp³-hybridized carbons (Fsp3) is 0.778. The molecule has 0 aliphatic carbocycles. The summed E-state index contributed by atoms with van der Waals surface area (Å²) < 4.78 is 0. The van der Waals surface area contributed by atoms with E-state index in [1.165, 1.54) is 4.80 Å². The van der Waals surface area contributed by atoms with E-state index in [2.05, 4.69) is 15.4 Å². The van der Waals surface area contributed by atoms with Crippen LogP contribution in [-0.2, 0) is 11.2 Å². The first-order valence-corrected chi connectivity index (χ1v) is 4.81. The van der Waals surface area contributed by atoms with Gasteiger partial charge in [-0.2, -0.15) is 4.80 Å². The highest BCUT2D eigenvalue weighted by molar-refractivity contribution is 5.81. The number of carbonyl (C=O) groups excluding carboxylic acids is 1. The summed E-state index contributed by atoms with van der Waals surface area (Å²) in [6.45, 7) is 7.68. The fourth-order valence-corrected chi connectivity index (χ4v) is 0.905. The molecule has 5 nitrogen and oxygen atoms in total. The lowest BCUT2D eigenvalue weighted by atomic mass is 10.1. The van der Waals surface area contributed by atoms with E-state index >= 15 is 0 Å². The molecule has 0 unspecified atom stereocenters. The molecule has 78 valence electrons. The Morgan fingerprint density at radius 2 is 2.00 bits per heavy atom. The summed E-state index contributed by atoms with van der Waals surface area (Å²) in [5, 5.41) is 11.8. The summed E-state index contributed by atoms with van der Waals surface area (Å²) in [7, 11) is 0. The van der Waals surface area contributed by atoms with Crippen LogP contribution in [0.3, 0.4) is 0 Å². The number of hydrogen-bond donors (Lipinski definition) is 0. The van der Waals surface area contributed by atoms with Crippen LogP contribution in [0.15, 0.2) is 0 Å². The van der Waals surface area contributed by atoms with Crippen molar-refractivity contribution < 1.29 is 4.79 Å². The van der Waals surface area contributed by atoms with Crippen molar-refractivity contribution in [1.29, 1.82) is 0 Å². The van der Waals surface area contributed by atoms with Gasteiger partial charge in [0, 0.05) is 5.92 Å². The Kier molecular flexibility index (Phi) is 3.33. The highest BCUT2D eigenvalue weighted by atomic mass is 16.1. The molecule has 0 bridgehead atoms. The standard InChI is InChI=1S/C9H16N4O/c1-6(2)8(14)5-9-10-12-13(11-9)7(3)4/h6-7H,5H2,1-4H3. The van der Waals surface area contributed by atoms with Crippen molar-refractivity contribution in [2.24, 2.45) is 5.92 Å². The van der Waals surface area contributed by atoms with Gasteiger partial charge in [-0.15, -0.1) is 10.2 Å². The lowest BCUT2D eigenvalue weighted by Crippen LogP contribution is -2.12. The van der Waals surface area contributed by atoms with Gasteiger partial charge in [-0.3, -0.25) is 4.79 Å². The zero-order valence-electron chi connectivity index (χ0n) is 9.06. The first kappa shape index (κ1) is 10.8. The molecular weight excluding hydrogens is 180 g/mol. The van der Waals surface area contributed by atoms with Gasteiger partial charge in [-0.25, -0.2) is 0 Å². The number of carbonyl (C=O) groups is 1. The Hall–Kier alpha value is -1.26. The van der Waals surface area contributed by atoms with E-state index in [0.29, 0.717) is 5.82 Å². The summed E-state index contributed by atoms with van der Waals surface area (Å²) >= 11 is 0. The lowest BCUT2D eigenvalue weighted by Gasteiger charge is -2.00. The van der Waals surface area contributed by atoms with Gasteiger partial charge in [-0.1, -0.05) is 13.8 Å². The maximum atomic E-state index is 11.4. The van der Waals surface area contributed by atoms with E-state index < -0.39 is 0 Å². The summed E-state index contributed by atoms with van der Waals surface area (Å²) in [5.74, 6) is 0.687. The van der Waals surface area contributed by atoms with E-state index in [1.54, 1.807) is 0 Å². The van der Waals surface area contributed by atoms with Crippen molar-refractivity contribution in [3.8, 4) is 0 Å². The molecule has 0 N–H and O–H groups in total. The van der Waals surface area contributed by atoms with E-state index in [-0.39, 0.29) is 24.2 Å². The molecule has 1 aromatic heterocycles. The third kappa shape index (κ3) is 2.61. The van der Waals surface area contributed by atoms with Crippen molar-refractivity contribution in [2.75, 3.05) is 0 Å². The average Bonchev–Trinajstić information content (AvgIpc) is 2.52. The highest BCUT2D eigenvalue weighted by Crippen LogP contribution is 2.02. The van der Waals surface area contributed by atoms with Gasteiger partial charge < -0.3 is 0 Å². The predicted octanol–water partition coefficient (Wildman–Crippen LogP) is 1.02. The molecule has 0 amide bonds. The van der Waals surface area contributed by atoms with Crippen LogP contribution >= 0.6 is 0 Å². The normalized spacial score (nSPS) is 11.3. The minimum Gasteiger partial charge on any atom is -0.299 e. The zero-order chi connectivity index (χ0) is 10.7. The number of Topliss-reactive ketones (excluding diaryl/α,β-unsaturated/α-hetero) is 1. The van der Waals surface area contributed by atoms with Crippen molar-refractivity contribution >= 4 is 5.78 Å². The second-order valence-corrected chi connectivity index (χ2v) is 3.92. The van der Waals surface area contributed by atoms with Gasteiger partial charge in [0.05, 0.1) is 12.5 Å². The summed E-state index contributed by atoms with van der Waals surface area (Å²) in [6.07, 6.45) is 0.282. The molecule has 0 saturated heterocycles. The molecule has 0 spiro atoms. The number of ketones is 1. The van der Waals surface area contributed by atoms with Crippen molar-refractivity contribution in [3.63, 3.8) is 0 Å². The topological polar surface area (TPSA) is 60.7 Å². The third-order valence-corrected chi connectivity index (χ3v) is 1.91. The Labute approximate surface area is 83.5 Å². The Morgan fingerprint density at radius 1 is 1.36 bits per heavy atom. The second kappa shape index (κ2) is 4.30. The van der Waals surface area contributed by atoms with Gasteiger partial charge in [0.1, 0.15) is 5.78 Å². The van der Waals surface area contributed by atoms with E-state index in [4.69, 9.17) is 0 Å². The van der Waals surface area contributed by atoms with Crippen molar-refractivity contribution in [3.05, 3.63) is 5.82 Å². The van der Waals surface area contributed by atoms with Gasteiger partial charge in [0.15, 0.2) is 5.82 Å². The van der Waals surface area contributed by atoms with E-state index in [0.717, 1.165) is 0 Å². The van der Waals surface area contributed by atoms with Crippen LogP contribution in [0.1, 0.15) is 39.6 Å². The van der Waals surface area contributed by atoms with Crippen LogP contribution in [-0.4, -0.2) is 26.0 Å². The number of aromatic nitrogens is 4. The monoisotopic (exact) mass is 196 g/mol. The number of hydrogen-bond acceptors (Lipinski definition) is 4. The van der Waals surface area contributed by atoms with E-state index in [1.807, 2.05) is 27.7 Å². The minimum absolute atomic E-state index is 0.0287. The summed E-state index contributed by atoms with van der Waals surface area (Å²) in [5.41, 5.74) is 0. The SMILES string of the molecule is CC(C)C(=O)Cc1nnn(C(C)C)n1. The molecule has 1 heterocycles. The highest BCUT2D eigenvalue weighted by Gasteiger charge is 2.12. The van der Waals surface area contributed by atoms with Crippen LogP contribution in [0.2, 0.25) is 0 Å². The van der Waals surface area contributed by atoms with Crippen LogP contribution < -0.4 is 0 Å². The molecule has 5 heteroatoms. The summed E-state index contributed by atoms with van der Waals surface area (Å²) in [4.78, 5) is 12.9. The van der Waals surface area contributed by atoms with Crippen molar-refractivity contribution in [2.45, 2.75) is 40.2 Å². The first-order chi connectivity index (χ1) is 6.50. The average molecular weight is 196 g/mol. The second-order valence-electron chi connectivity index (χ2n) is 3.92. The molecule has 0 aromatic carbocycles. The summed E-state index contributed by atoms with van der Waals surface area (Å²) in [6, 6.07) is 0.186. The number of tetrazole rings is 1. The predicted molar refractivity (Wildman–Crippen MR) is 51.8 cm³/mol. The van der Waals surface area contributed by atoms with E-state index in [9.17, 15) is 4.79 Å². The molecule has 1 rings (SSSR count). The lowest BCUT2D eigenvalue weighted by molar-refractivity contribution is -0.121.